The average molecular weight is 339 g/mol. The SMILES string of the molecule is COc1c(Cl)cc(Cl)cc1/C=N\NC(=O)c1ccccc1O. The Kier molecular flexibility index (Phi) is 5.25. The molecule has 0 aliphatic heterocycles. The molecule has 0 aliphatic rings. The zero-order valence-corrected chi connectivity index (χ0v) is 13.0. The van der Waals surface area contributed by atoms with Crippen LogP contribution in [-0.4, -0.2) is 24.3 Å². The molecular formula is C15H12Cl2N2O3. The number of hydrogen-bond acceptors (Lipinski definition) is 4. The number of phenolic OH excluding ortho intramolecular Hbond substituents is 1. The van der Waals surface area contributed by atoms with Crippen LogP contribution in [0.5, 0.6) is 11.5 Å². The van der Waals surface area contributed by atoms with E-state index in [1.807, 2.05) is 0 Å². The van der Waals surface area contributed by atoms with Gasteiger partial charge >= 0.3 is 0 Å². The summed E-state index contributed by atoms with van der Waals surface area (Å²) in [6.07, 6.45) is 1.36. The first-order valence-electron chi connectivity index (χ1n) is 6.17. The van der Waals surface area contributed by atoms with Crippen LogP contribution in [-0.2, 0) is 0 Å². The van der Waals surface area contributed by atoms with Crippen LogP contribution in [0.25, 0.3) is 0 Å². The third kappa shape index (κ3) is 3.69. The van der Waals surface area contributed by atoms with Crippen LogP contribution < -0.4 is 10.2 Å². The fourth-order valence-electron chi connectivity index (χ4n) is 1.78. The van der Waals surface area contributed by atoms with E-state index in [9.17, 15) is 9.90 Å². The molecule has 2 rings (SSSR count). The standard InChI is InChI=1S/C15H12Cl2N2O3/c1-22-14-9(6-10(16)7-12(14)17)8-18-19-15(21)11-4-2-3-5-13(11)20/h2-8,20H,1H3,(H,19,21)/b18-8-. The number of carbonyl (C=O) groups excluding carboxylic acids is 1. The average Bonchev–Trinajstić information content (AvgIpc) is 2.47. The summed E-state index contributed by atoms with van der Waals surface area (Å²) in [5, 5.41) is 14.2. The molecule has 0 heterocycles. The van der Waals surface area contributed by atoms with Crippen molar-refractivity contribution in [3.05, 3.63) is 57.6 Å². The number of para-hydroxylation sites is 1. The van der Waals surface area contributed by atoms with Crippen LogP contribution in [0.4, 0.5) is 0 Å². The third-order valence-corrected chi connectivity index (χ3v) is 3.26. The van der Waals surface area contributed by atoms with Crippen molar-refractivity contribution < 1.29 is 14.6 Å². The van der Waals surface area contributed by atoms with Crippen LogP contribution in [0.2, 0.25) is 10.0 Å². The Bertz CT molecular complexity index is 733. The summed E-state index contributed by atoms with van der Waals surface area (Å²) in [5.41, 5.74) is 2.94. The lowest BCUT2D eigenvalue weighted by Crippen LogP contribution is -2.17. The van der Waals surface area contributed by atoms with E-state index < -0.39 is 5.91 Å². The molecule has 114 valence electrons. The molecule has 0 bridgehead atoms. The zero-order valence-electron chi connectivity index (χ0n) is 11.5. The Morgan fingerprint density at radius 1 is 1.32 bits per heavy atom. The maximum atomic E-state index is 11.9. The molecule has 0 atom stereocenters. The van der Waals surface area contributed by atoms with Gasteiger partial charge in [0.1, 0.15) is 11.5 Å². The fraction of sp³-hybridized carbons (Fsp3) is 0.0667. The Morgan fingerprint density at radius 2 is 2.05 bits per heavy atom. The van der Waals surface area contributed by atoms with Crippen molar-refractivity contribution in [1.29, 1.82) is 0 Å². The molecule has 22 heavy (non-hydrogen) atoms. The highest BCUT2D eigenvalue weighted by Crippen LogP contribution is 2.31. The number of aromatic hydroxyl groups is 1. The highest BCUT2D eigenvalue weighted by molar-refractivity contribution is 6.36. The van der Waals surface area contributed by atoms with Crippen LogP contribution in [0.1, 0.15) is 15.9 Å². The number of rotatable bonds is 4. The molecule has 0 aromatic heterocycles. The van der Waals surface area contributed by atoms with Crippen molar-refractivity contribution in [2.75, 3.05) is 7.11 Å². The molecule has 7 heteroatoms. The number of methoxy groups -OCH3 is 1. The summed E-state index contributed by atoms with van der Waals surface area (Å²) in [4.78, 5) is 11.9. The maximum Gasteiger partial charge on any atom is 0.275 e. The Morgan fingerprint density at radius 3 is 2.73 bits per heavy atom. The van der Waals surface area contributed by atoms with E-state index >= 15 is 0 Å². The van der Waals surface area contributed by atoms with Gasteiger partial charge in [0.25, 0.3) is 5.91 Å². The van der Waals surface area contributed by atoms with Gasteiger partial charge in [-0.3, -0.25) is 4.79 Å². The Hall–Kier alpha value is -2.24. The molecule has 1 amide bonds. The van der Waals surface area contributed by atoms with Gasteiger partial charge in [-0.05, 0) is 24.3 Å². The van der Waals surface area contributed by atoms with Gasteiger partial charge in [0.2, 0.25) is 0 Å². The number of nitrogens with one attached hydrogen (secondary N) is 1. The predicted molar refractivity (Wildman–Crippen MR) is 86.2 cm³/mol. The molecule has 2 aromatic rings. The van der Waals surface area contributed by atoms with Gasteiger partial charge in [-0.25, -0.2) is 5.43 Å². The number of nitrogens with zero attached hydrogens (tertiary/aromatic N) is 1. The van der Waals surface area contributed by atoms with Crippen LogP contribution in [0, 0.1) is 0 Å². The highest BCUT2D eigenvalue weighted by Gasteiger charge is 2.10. The molecule has 2 aromatic carbocycles. The molecular weight excluding hydrogens is 327 g/mol. The third-order valence-electron chi connectivity index (χ3n) is 2.76. The van der Waals surface area contributed by atoms with Crippen LogP contribution in [0.3, 0.4) is 0 Å². The lowest BCUT2D eigenvalue weighted by molar-refractivity contribution is 0.0952. The van der Waals surface area contributed by atoms with E-state index in [2.05, 4.69) is 10.5 Å². The van der Waals surface area contributed by atoms with Crippen molar-refractivity contribution in [2.45, 2.75) is 0 Å². The number of ether oxygens (including phenoxy) is 1. The van der Waals surface area contributed by atoms with Crippen molar-refractivity contribution in [3.63, 3.8) is 0 Å². The summed E-state index contributed by atoms with van der Waals surface area (Å²) >= 11 is 11.9. The Balaban J connectivity index is 2.17. The number of amides is 1. The molecule has 5 nitrogen and oxygen atoms in total. The normalized spacial score (nSPS) is 10.7. The first-order chi connectivity index (χ1) is 10.5. The summed E-state index contributed by atoms with van der Waals surface area (Å²) < 4.78 is 5.16. The maximum absolute atomic E-state index is 11.9. The molecule has 0 fully saturated rings. The van der Waals surface area contributed by atoms with Crippen LogP contribution in [0.15, 0.2) is 41.5 Å². The summed E-state index contributed by atoms with van der Waals surface area (Å²) in [6, 6.07) is 9.30. The highest BCUT2D eigenvalue weighted by atomic mass is 35.5. The van der Waals surface area contributed by atoms with Crippen molar-refractivity contribution >= 4 is 35.3 Å². The topological polar surface area (TPSA) is 70.9 Å². The van der Waals surface area contributed by atoms with Gasteiger partial charge in [0.15, 0.2) is 0 Å². The van der Waals surface area contributed by atoms with Gasteiger partial charge in [-0.15, -0.1) is 0 Å². The number of carbonyl (C=O) groups is 1. The molecule has 0 radical (unpaired) electrons. The van der Waals surface area contributed by atoms with E-state index in [0.717, 1.165) is 0 Å². The first-order valence-corrected chi connectivity index (χ1v) is 6.93. The van der Waals surface area contributed by atoms with E-state index in [-0.39, 0.29) is 11.3 Å². The number of hydrazone groups is 1. The quantitative estimate of drug-likeness (QED) is 0.662. The minimum Gasteiger partial charge on any atom is -0.507 e. The van der Waals surface area contributed by atoms with Crippen molar-refractivity contribution in [3.8, 4) is 11.5 Å². The monoisotopic (exact) mass is 338 g/mol. The Labute approximate surface area is 137 Å². The molecule has 0 aliphatic carbocycles. The zero-order chi connectivity index (χ0) is 16.1. The second-order valence-electron chi connectivity index (χ2n) is 4.23. The molecule has 0 saturated heterocycles. The first kappa shape index (κ1) is 16.1. The number of hydrogen-bond donors (Lipinski definition) is 2. The number of halogens is 2. The van der Waals surface area contributed by atoms with Gasteiger partial charge in [-0.2, -0.15) is 5.10 Å². The van der Waals surface area contributed by atoms with Crippen LogP contribution >= 0.6 is 23.2 Å². The summed E-state index contributed by atoms with van der Waals surface area (Å²) in [7, 11) is 1.47. The summed E-state index contributed by atoms with van der Waals surface area (Å²) in [5.74, 6) is -0.272. The van der Waals surface area contributed by atoms with Crippen molar-refractivity contribution in [1.82, 2.24) is 5.43 Å². The van der Waals surface area contributed by atoms with Gasteiger partial charge in [0.05, 0.1) is 23.9 Å². The molecule has 2 N–H and O–H groups in total. The predicted octanol–water partition coefficient (Wildman–Crippen LogP) is 3.47. The van der Waals surface area contributed by atoms with E-state index in [0.29, 0.717) is 21.4 Å². The second-order valence-corrected chi connectivity index (χ2v) is 5.07. The summed E-state index contributed by atoms with van der Waals surface area (Å²) in [6.45, 7) is 0. The number of benzene rings is 2. The van der Waals surface area contributed by atoms with Crippen molar-refractivity contribution in [2.24, 2.45) is 5.10 Å². The van der Waals surface area contributed by atoms with E-state index in [1.165, 1.54) is 25.5 Å². The van der Waals surface area contributed by atoms with Gasteiger partial charge in [0, 0.05) is 10.6 Å². The second kappa shape index (κ2) is 7.15. The van der Waals surface area contributed by atoms with Gasteiger partial charge in [-0.1, -0.05) is 35.3 Å². The minimum absolute atomic E-state index is 0.121. The lowest BCUT2D eigenvalue weighted by atomic mass is 10.2. The lowest BCUT2D eigenvalue weighted by Gasteiger charge is -2.07. The molecule has 0 saturated carbocycles. The van der Waals surface area contributed by atoms with E-state index in [4.69, 9.17) is 27.9 Å². The largest absolute Gasteiger partial charge is 0.507 e. The number of phenols is 1. The smallest absolute Gasteiger partial charge is 0.275 e. The fourth-order valence-corrected chi connectivity index (χ4v) is 2.36. The minimum atomic E-state index is -0.540. The van der Waals surface area contributed by atoms with Gasteiger partial charge < -0.3 is 9.84 Å². The molecule has 0 unspecified atom stereocenters. The van der Waals surface area contributed by atoms with E-state index in [1.54, 1.807) is 24.3 Å². The molecule has 0 spiro atoms.